The summed E-state index contributed by atoms with van der Waals surface area (Å²) in [7, 11) is 1.65. The van der Waals surface area contributed by atoms with Crippen LogP contribution >= 0.6 is 11.8 Å². The normalized spacial score (nSPS) is 23.0. The van der Waals surface area contributed by atoms with Crippen molar-refractivity contribution < 1.29 is 14.3 Å². The highest BCUT2D eigenvalue weighted by atomic mass is 32.2. The van der Waals surface area contributed by atoms with Crippen LogP contribution in [0, 0.1) is 5.92 Å². The zero-order valence-corrected chi connectivity index (χ0v) is 15.8. The number of rotatable bonds is 6. The molecule has 25 heavy (non-hydrogen) atoms. The molecule has 0 aromatic heterocycles. The molecule has 3 fully saturated rings. The lowest BCUT2D eigenvalue weighted by atomic mass is 9.94. The minimum Gasteiger partial charge on any atom is -0.383 e. The monoisotopic (exact) mass is 362 g/mol. The summed E-state index contributed by atoms with van der Waals surface area (Å²) in [4.78, 5) is 30.5. The summed E-state index contributed by atoms with van der Waals surface area (Å²) in [5, 5.41) is 0. The van der Waals surface area contributed by atoms with E-state index in [2.05, 4.69) is 12.1 Å². The van der Waals surface area contributed by atoms with E-state index < -0.39 is 0 Å². The van der Waals surface area contributed by atoms with Crippen LogP contribution in [-0.4, -0.2) is 67.3 Å². The molecule has 0 radical (unpaired) electrons. The van der Waals surface area contributed by atoms with Crippen LogP contribution in [0.1, 0.15) is 18.4 Å². The van der Waals surface area contributed by atoms with Gasteiger partial charge in [-0.2, -0.15) is 0 Å². The number of hydrogen-bond acceptors (Lipinski definition) is 4. The molecule has 3 saturated heterocycles. The second-order valence-electron chi connectivity index (χ2n) is 6.78. The van der Waals surface area contributed by atoms with Gasteiger partial charge in [0.1, 0.15) is 0 Å². The molecule has 0 unspecified atom stereocenters. The van der Waals surface area contributed by atoms with Crippen molar-refractivity contribution >= 4 is 23.6 Å². The number of carbonyl (C=O) groups is 2. The highest BCUT2D eigenvalue weighted by molar-refractivity contribution is 7.98. The molecule has 2 amide bonds. The maximum absolute atomic E-state index is 12.8. The Morgan fingerprint density at radius 3 is 2.68 bits per heavy atom. The molecule has 0 N–H and O–H groups in total. The lowest BCUT2D eigenvalue weighted by molar-refractivity contribution is -0.140. The van der Waals surface area contributed by atoms with Crippen molar-refractivity contribution in [3.8, 4) is 0 Å². The third-order valence-corrected chi connectivity index (χ3v) is 5.94. The van der Waals surface area contributed by atoms with Crippen LogP contribution in [0.25, 0.3) is 0 Å². The second kappa shape index (κ2) is 8.23. The van der Waals surface area contributed by atoms with Gasteiger partial charge < -0.3 is 14.5 Å². The van der Waals surface area contributed by atoms with Gasteiger partial charge in [-0.05, 0) is 36.8 Å². The number of ether oxygens (including phenoxy) is 1. The Labute approximate surface area is 153 Å². The lowest BCUT2D eigenvalue weighted by Crippen LogP contribution is -2.49. The fourth-order valence-electron chi connectivity index (χ4n) is 3.76. The van der Waals surface area contributed by atoms with Crippen molar-refractivity contribution in [3.63, 3.8) is 0 Å². The third kappa shape index (κ3) is 4.18. The van der Waals surface area contributed by atoms with Gasteiger partial charge in [-0.3, -0.25) is 9.59 Å². The average Bonchev–Trinajstić information content (AvgIpc) is 2.92. The SMILES string of the molecule is COCCN1C(=O)[C@@H]2CC[C@H]1CN(C(=O)Cc1ccc(SC)cc1)C2. The zero-order chi connectivity index (χ0) is 17.8. The van der Waals surface area contributed by atoms with Crippen molar-refractivity contribution in [2.45, 2.75) is 30.2 Å². The van der Waals surface area contributed by atoms with Gasteiger partial charge in [0.15, 0.2) is 0 Å². The van der Waals surface area contributed by atoms with Crippen molar-refractivity contribution in [2.24, 2.45) is 5.92 Å². The average molecular weight is 362 g/mol. The van der Waals surface area contributed by atoms with Crippen LogP contribution in [0.5, 0.6) is 0 Å². The first-order valence-corrected chi connectivity index (χ1v) is 10.0. The van der Waals surface area contributed by atoms with E-state index in [1.54, 1.807) is 18.9 Å². The molecule has 0 saturated carbocycles. The predicted molar refractivity (Wildman–Crippen MR) is 98.6 cm³/mol. The highest BCUT2D eigenvalue weighted by Gasteiger charge is 2.41. The van der Waals surface area contributed by atoms with Crippen LogP contribution < -0.4 is 0 Å². The van der Waals surface area contributed by atoms with Gasteiger partial charge in [0.25, 0.3) is 0 Å². The zero-order valence-electron chi connectivity index (χ0n) is 14.9. The van der Waals surface area contributed by atoms with Crippen LogP contribution in [0.15, 0.2) is 29.2 Å². The molecule has 0 spiro atoms. The summed E-state index contributed by atoms with van der Waals surface area (Å²) in [6, 6.07) is 8.27. The number of methoxy groups -OCH3 is 1. The smallest absolute Gasteiger partial charge is 0.227 e. The first-order valence-electron chi connectivity index (χ1n) is 8.82. The second-order valence-corrected chi connectivity index (χ2v) is 7.66. The van der Waals surface area contributed by atoms with Gasteiger partial charge in [0, 0.05) is 37.7 Å². The Bertz CT molecular complexity index is 620. The summed E-state index contributed by atoms with van der Waals surface area (Å²) in [5.41, 5.74) is 1.03. The number of hydrogen-bond donors (Lipinski definition) is 0. The van der Waals surface area contributed by atoms with Crippen LogP contribution in [0.3, 0.4) is 0 Å². The number of amides is 2. The van der Waals surface area contributed by atoms with Gasteiger partial charge in [-0.15, -0.1) is 11.8 Å². The fourth-order valence-corrected chi connectivity index (χ4v) is 4.17. The van der Waals surface area contributed by atoms with Crippen molar-refractivity contribution in [1.29, 1.82) is 0 Å². The number of carbonyl (C=O) groups excluding carboxylic acids is 2. The molecular weight excluding hydrogens is 336 g/mol. The summed E-state index contributed by atoms with van der Waals surface area (Å²) in [5.74, 6) is 0.251. The van der Waals surface area contributed by atoms with Gasteiger partial charge in [0.2, 0.25) is 11.8 Å². The molecule has 4 rings (SSSR count). The van der Waals surface area contributed by atoms with Gasteiger partial charge in [0.05, 0.1) is 18.9 Å². The van der Waals surface area contributed by atoms with Crippen molar-refractivity contribution in [3.05, 3.63) is 29.8 Å². The molecule has 1 aromatic carbocycles. The van der Waals surface area contributed by atoms with Crippen LogP contribution in [-0.2, 0) is 20.7 Å². The maximum Gasteiger partial charge on any atom is 0.227 e. The number of thioether (sulfide) groups is 1. The number of benzene rings is 1. The van der Waals surface area contributed by atoms with E-state index in [9.17, 15) is 9.59 Å². The lowest BCUT2D eigenvalue weighted by Gasteiger charge is -2.35. The summed E-state index contributed by atoms with van der Waals surface area (Å²) in [6.07, 6.45) is 4.31. The first-order chi connectivity index (χ1) is 12.1. The molecular formula is C19H26N2O3S. The molecule has 3 heterocycles. The molecule has 5 nitrogen and oxygen atoms in total. The third-order valence-electron chi connectivity index (χ3n) is 5.20. The van der Waals surface area contributed by atoms with E-state index in [4.69, 9.17) is 4.74 Å². The molecule has 1 aromatic rings. The first kappa shape index (κ1) is 18.3. The van der Waals surface area contributed by atoms with E-state index >= 15 is 0 Å². The van der Waals surface area contributed by atoms with Crippen LogP contribution in [0.2, 0.25) is 0 Å². The molecule has 3 aliphatic heterocycles. The minimum absolute atomic E-state index is 0.0570. The standard InChI is InChI=1S/C19H26N2O3S/c1-24-10-9-21-16-6-5-15(19(21)23)12-20(13-16)18(22)11-14-3-7-17(25-2)8-4-14/h3-4,7-8,15-16H,5-6,9-13H2,1-2H3/t15-,16+/m1/s1. The Hall–Kier alpha value is -1.53. The van der Waals surface area contributed by atoms with Crippen molar-refractivity contribution in [2.75, 3.05) is 39.6 Å². The molecule has 2 atom stereocenters. The molecule has 0 aliphatic carbocycles. The van der Waals surface area contributed by atoms with E-state index in [0.29, 0.717) is 32.7 Å². The number of fused-ring (bicyclic) bond motifs is 4. The summed E-state index contributed by atoms with van der Waals surface area (Å²) < 4.78 is 5.14. The maximum atomic E-state index is 12.8. The summed E-state index contributed by atoms with van der Waals surface area (Å²) >= 11 is 1.69. The molecule has 6 heteroatoms. The Morgan fingerprint density at radius 2 is 2.00 bits per heavy atom. The summed E-state index contributed by atoms with van der Waals surface area (Å²) in [6.45, 7) is 2.37. The molecule has 136 valence electrons. The fraction of sp³-hybridized carbons (Fsp3) is 0.579. The molecule has 2 bridgehead atoms. The highest BCUT2D eigenvalue weighted by Crippen LogP contribution is 2.29. The molecule has 3 aliphatic rings. The predicted octanol–water partition coefficient (Wildman–Crippen LogP) is 2.05. The Morgan fingerprint density at radius 1 is 1.24 bits per heavy atom. The van der Waals surface area contributed by atoms with E-state index in [-0.39, 0.29) is 23.8 Å². The Balaban J connectivity index is 1.66. The number of piperidine rings is 1. The Kier molecular flexibility index (Phi) is 6.02. The van der Waals surface area contributed by atoms with Crippen molar-refractivity contribution in [1.82, 2.24) is 9.80 Å². The quantitative estimate of drug-likeness (QED) is 0.727. The number of nitrogens with zero attached hydrogens (tertiary/aromatic N) is 2. The minimum atomic E-state index is -0.0570. The van der Waals surface area contributed by atoms with Gasteiger partial charge in [-0.1, -0.05) is 12.1 Å². The van der Waals surface area contributed by atoms with Crippen LogP contribution in [0.4, 0.5) is 0 Å². The van der Waals surface area contributed by atoms with E-state index in [1.165, 1.54) is 4.90 Å². The van der Waals surface area contributed by atoms with Gasteiger partial charge >= 0.3 is 0 Å². The van der Waals surface area contributed by atoms with E-state index in [1.807, 2.05) is 28.2 Å². The topological polar surface area (TPSA) is 49.9 Å². The largest absolute Gasteiger partial charge is 0.383 e. The van der Waals surface area contributed by atoms with Gasteiger partial charge in [-0.25, -0.2) is 0 Å². The van der Waals surface area contributed by atoms with E-state index in [0.717, 1.165) is 18.4 Å².